The summed E-state index contributed by atoms with van der Waals surface area (Å²) in [6.45, 7) is 8.82. The molecule has 3 aliphatic rings. The number of benzene rings is 1. The molecule has 2 N–H and O–H groups in total. The Bertz CT molecular complexity index is 1670. The van der Waals surface area contributed by atoms with Crippen molar-refractivity contribution in [3.63, 3.8) is 0 Å². The predicted molar refractivity (Wildman–Crippen MR) is 165 cm³/mol. The molecule has 5 heterocycles. The molecule has 238 valence electrons. The minimum Gasteiger partial charge on any atom is -0.380 e. The molecule has 6 rings (SSSR count). The summed E-state index contributed by atoms with van der Waals surface area (Å²) in [4.78, 5) is 33.2. The fraction of sp³-hybridized carbons (Fsp3) is 0.500. The first-order chi connectivity index (χ1) is 21.6. The zero-order chi connectivity index (χ0) is 31.8. The molecule has 45 heavy (non-hydrogen) atoms. The molecule has 0 bridgehead atoms. The Labute approximate surface area is 264 Å². The zero-order valence-electron chi connectivity index (χ0n) is 25.3. The van der Waals surface area contributed by atoms with Gasteiger partial charge in [-0.2, -0.15) is 5.26 Å². The van der Waals surface area contributed by atoms with E-state index in [0.717, 1.165) is 48.6 Å². The molecule has 1 aromatic carbocycles. The van der Waals surface area contributed by atoms with E-state index in [-0.39, 0.29) is 44.1 Å². The highest BCUT2D eigenvalue weighted by molar-refractivity contribution is 7.14. The first-order valence-electron chi connectivity index (χ1n) is 15.0. The number of carbonyl (C=O) groups is 2. The summed E-state index contributed by atoms with van der Waals surface area (Å²) in [5.74, 6) is -0.591. The van der Waals surface area contributed by atoms with Crippen molar-refractivity contribution < 1.29 is 27.8 Å². The minimum absolute atomic E-state index is 0.101. The monoisotopic (exact) mass is 638 g/mol. The van der Waals surface area contributed by atoms with Crippen molar-refractivity contribution in [2.75, 3.05) is 44.8 Å². The largest absolute Gasteiger partial charge is 0.380 e. The predicted octanol–water partition coefficient (Wildman–Crippen LogP) is 4.89. The van der Waals surface area contributed by atoms with Gasteiger partial charge in [-0.3, -0.25) is 14.9 Å². The number of nitrogens with one attached hydrogen (secondary N) is 2. The average Bonchev–Trinajstić information content (AvgIpc) is 3.73. The number of aromatic nitrogens is 2. The quantitative estimate of drug-likeness (QED) is 0.227. The van der Waals surface area contributed by atoms with Gasteiger partial charge in [0, 0.05) is 37.0 Å². The number of imidazole rings is 1. The Morgan fingerprint density at radius 3 is 2.62 bits per heavy atom. The zero-order valence-corrected chi connectivity index (χ0v) is 26.1. The molecule has 3 aliphatic heterocycles. The van der Waals surface area contributed by atoms with E-state index in [9.17, 15) is 23.6 Å². The summed E-state index contributed by atoms with van der Waals surface area (Å²) >= 11 is 0.740. The molecular weight excluding hydrogens is 602 g/mol. The van der Waals surface area contributed by atoms with Gasteiger partial charge in [0.25, 0.3) is 18.2 Å². The van der Waals surface area contributed by atoms with Gasteiger partial charge in [0.15, 0.2) is 0 Å². The number of halogens is 2. The molecule has 2 amide bonds. The molecule has 0 aliphatic carbocycles. The summed E-state index contributed by atoms with van der Waals surface area (Å²) < 4.78 is 38.9. The maximum Gasteiger partial charge on any atom is 0.272 e. The number of nitriles is 1. The van der Waals surface area contributed by atoms with Gasteiger partial charge in [-0.05, 0) is 42.7 Å². The van der Waals surface area contributed by atoms with E-state index in [1.807, 2.05) is 29.7 Å². The van der Waals surface area contributed by atoms with Crippen molar-refractivity contribution in [3.8, 4) is 6.07 Å². The number of anilines is 1. The number of hydrogen-bond acceptors (Lipinski definition) is 8. The number of amides is 2. The lowest BCUT2D eigenvalue weighted by molar-refractivity contribution is -0.128. The minimum atomic E-state index is -2.66. The summed E-state index contributed by atoms with van der Waals surface area (Å²) in [7, 11) is 0. The van der Waals surface area contributed by atoms with Crippen molar-refractivity contribution >= 4 is 40.1 Å². The number of hydrogen-bond donors (Lipinski definition) is 2. The maximum absolute atomic E-state index is 13.6. The molecule has 0 unspecified atom stereocenters. The van der Waals surface area contributed by atoms with Gasteiger partial charge < -0.3 is 24.3 Å². The van der Waals surface area contributed by atoms with Crippen molar-refractivity contribution in [2.45, 2.75) is 52.2 Å². The third kappa shape index (κ3) is 6.65. The van der Waals surface area contributed by atoms with Gasteiger partial charge in [-0.15, -0.1) is 11.3 Å². The van der Waals surface area contributed by atoms with Gasteiger partial charge in [-0.25, -0.2) is 13.8 Å². The third-order valence-electron chi connectivity index (χ3n) is 8.62. The number of nitrogens with zero attached hydrogens (tertiary/aromatic N) is 4. The van der Waals surface area contributed by atoms with E-state index in [1.165, 1.54) is 12.1 Å². The number of carbonyl (C=O) groups excluding carboxylic acids is 2. The first kappa shape index (κ1) is 31.3. The smallest absolute Gasteiger partial charge is 0.272 e. The van der Waals surface area contributed by atoms with E-state index < -0.39 is 12.3 Å². The Balaban J connectivity index is 1.26. The summed E-state index contributed by atoms with van der Waals surface area (Å²) in [6, 6.07) is 10.4. The van der Waals surface area contributed by atoms with Crippen LogP contribution in [-0.4, -0.2) is 71.8 Å². The van der Waals surface area contributed by atoms with Crippen molar-refractivity contribution in [3.05, 3.63) is 57.3 Å². The van der Waals surface area contributed by atoms with Crippen LogP contribution in [-0.2, 0) is 27.4 Å². The average molecular weight is 639 g/mol. The Hall–Kier alpha value is -3.70. The standard InChI is InChI=1S/C32H36F2N6O4S/c1-31(16-43-17-31)11-21(12-35)29(42)39-9-3-4-22(39)14-40-24-6-5-20(13-36-15-32(2)18-44-19-32)10-23(24)37-30(40)38-28(41)26-8-7-25(45-26)27(33)34/h5-8,10-11,22,27,36H,3-4,9,13-19H2,1-2H3,(H,37,38,41)/b21-11-/t22-/m1/s1. The molecule has 3 saturated heterocycles. The second-order valence-corrected chi connectivity index (χ2v) is 14.0. The molecule has 10 nitrogen and oxygen atoms in total. The van der Waals surface area contributed by atoms with Gasteiger partial charge in [-0.1, -0.05) is 26.0 Å². The normalized spacial score (nSPS) is 20.6. The van der Waals surface area contributed by atoms with E-state index in [2.05, 4.69) is 23.6 Å². The SMILES string of the molecule is CC1(/C=C(/C#N)C(=O)N2CCC[C@@H]2Cn2c(NC(=O)c3ccc(C(F)F)s3)nc3cc(CNCC4(C)COC4)ccc32)COC1. The van der Waals surface area contributed by atoms with Crippen LogP contribution in [0.25, 0.3) is 11.0 Å². The molecule has 0 spiro atoms. The van der Waals surface area contributed by atoms with Crippen LogP contribution in [0.4, 0.5) is 14.7 Å². The fourth-order valence-electron chi connectivity index (χ4n) is 6.04. The maximum atomic E-state index is 13.6. The highest BCUT2D eigenvalue weighted by Crippen LogP contribution is 2.32. The number of alkyl halides is 2. The van der Waals surface area contributed by atoms with Gasteiger partial charge in [0.05, 0.1) is 53.3 Å². The lowest BCUT2D eigenvalue weighted by Gasteiger charge is -2.38. The molecule has 0 radical (unpaired) electrons. The summed E-state index contributed by atoms with van der Waals surface area (Å²) in [5.41, 5.74) is 2.34. The molecule has 1 atom stereocenters. The van der Waals surface area contributed by atoms with Crippen LogP contribution in [0.3, 0.4) is 0 Å². The number of rotatable bonds is 11. The third-order valence-corrected chi connectivity index (χ3v) is 9.72. The summed E-state index contributed by atoms with van der Waals surface area (Å²) in [5, 5.41) is 16.2. The summed E-state index contributed by atoms with van der Waals surface area (Å²) in [6.07, 6.45) is 0.542. The van der Waals surface area contributed by atoms with E-state index in [0.29, 0.717) is 44.8 Å². The second-order valence-electron chi connectivity index (χ2n) is 12.8. The van der Waals surface area contributed by atoms with Crippen molar-refractivity contribution in [1.29, 1.82) is 5.26 Å². The molecule has 2 aromatic heterocycles. The van der Waals surface area contributed by atoms with E-state index in [1.54, 1.807) is 11.0 Å². The first-order valence-corrected chi connectivity index (χ1v) is 15.9. The van der Waals surface area contributed by atoms with E-state index >= 15 is 0 Å². The van der Waals surface area contributed by atoms with Crippen LogP contribution in [0, 0.1) is 22.2 Å². The fourth-order valence-corrected chi connectivity index (χ4v) is 6.80. The van der Waals surface area contributed by atoms with Crippen LogP contribution in [0.2, 0.25) is 0 Å². The van der Waals surface area contributed by atoms with Crippen LogP contribution in [0.5, 0.6) is 0 Å². The second kappa shape index (κ2) is 12.6. The van der Waals surface area contributed by atoms with Gasteiger partial charge in [0.2, 0.25) is 5.95 Å². The Morgan fingerprint density at radius 2 is 1.98 bits per heavy atom. The number of thiophene rings is 1. The Morgan fingerprint density at radius 1 is 1.20 bits per heavy atom. The van der Waals surface area contributed by atoms with Crippen molar-refractivity contribution in [2.24, 2.45) is 10.8 Å². The Kier molecular flexibility index (Phi) is 8.76. The molecule has 0 saturated carbocycles. The molecule has 13 heteroatoms. The van der Waals surface area contributed by atoms with Gasteiger partial charge >= 0.3 is 0 Å². The highest BCUT2D eigenvalue weighted by Gasteiger charge is 2.36. The molecule has 3 fully saturated rings. The van der Waals surface area contributed by atoms with Crippen LogP contribution >= 0.6 is 11.3 Å². The topological polar surface area (TPSA) is 122 Å². The van der Waals surface area contributed by atoms with Crippen LogP contribution < -0.4 is 10.6 Å². The van der Waals surface area contributed by atoms with Crippen molar-refractivity contribution in [1.82, 2.24) is 19.8 Å². The van der Waals surface area contributed by atoms with Gasteiger partial charge in [0.1, 0.15) is 11.6 Å². The number of likely N-dealkylation sites (tertiary alicyclic amines) is 1. The number of fused-ring (bicyclic) bond motifs is 1. The van der Waals surface area contributed by atoms with Crippen LogP contribution in [0.15, 0.2) is 42.0 Å². The highest BCUT2D eigenvalue weighted by atomic mass is 32.1. The lowest BCUT2D eigenvalue weighted by atomic mass is 9.86. The van der Waals surface area contributed by atoms with Crippen LogP contribution in [0.1, 0.15) is 53.2 Å². The lowest BCUT2D eigenvalue weighted by Crippen LogP contribution is -2.47. The number of ether oxygens (including phenoxy) is 2. The van der Waals surface area contributed by atoms with E-state index in [4.69, 9.17) is 14.5 Å². The molecular formula is C32H36F2N6O4S. The molecule has 3 aromatic rings.